The number of hydrogen-bond acceptors (Lipinski definition) is 3. The minimum Gasteiger partial charge on any atom is -0.273 e. The van der Waals surface area contributed by atoms with E-state index in [-0.39, 0.29) is 30.0 Å². The molecule has 1 heterocycles. The zero-order chi connectivity index (χ0) is 21.5. The monoisotopic (exact) mass is 419 g/mol. The zero-order valence-corrected chi connectivity index (χ0v) is 15.7. The molecule has 0 unspecified atom stereocenters. The number of amides is 1. The van der Waals surface area contributed by atoms with Crippen LogP contribution in [-0.4, -0.2) is 15.6 Å². The molecule has 0 aliphatic heterocycles. The van der Waals surface area contributed by atoms with Crippen molar-refractivity contribution in [2.45, 2.75) is 37.8 Å². The summed E-state index contributed by atoms with van der Waals surface area (Å²) in [4.78, 5) is 29.4. The number of aryl methyl sites for hydroxylation is 1. The molecule has 0 bridgehead atoms. The fraction of sp³-hybridized carbons (Fsp3) is 0.286. The summed E-state index contributed by atoms with van der Waals surface area (Å²) in [6.07, 6.45) is -3.09. The van der Waals surface area contributed by atoms with E-state index in [1.54, 1.807) is 6.07 Å². The maximum Gasteiger partial charge on any atom is 0.418 e. The van der Waals surface area contributed by atoms with Crippen molar-refractivity contribution in [1.29, 1.82) is 0 Å². The Labute approximate surface area is 168 Å². The van der Waals surface area contributed by atoms with Crippen molar-refractivity contribution in [3.05, 3.63) is 75.6 Å². The number of nitrogens with one attached hydrogen (secondary N) is 1. The first-order chi connectivity index (χ1) is 14.2. The van der Waals surface area contributed by atoms with E-state index in [1.807, 2.05) is 0 Å². The second kappa shape index (κ2) is 7.55. The third-order valence-electron chi connectivity index (χ3n) is 4.94. The van der Waals surface area contributed by atoms with E-state index in [1.165, 1.54) is 24.3 Å². The maximum atomic E-state index is 13.4. The van der Waals surface area contributed by atoms with Gasteiger partial charge in [0.25, 0.3) is 5.56 Å². The number of carbonyl (C=O) groups excluding carboxylic acids is 1. The van der Waals surface area contributed by atoms with E-state index in [0.29, 0.717) is 18.4 Å². The predicted molar refractivity (Wildman–Crippen MR) is 102 cm³/mol. The van der Waals surface area contributed by atoms with E-state index in [4.69, 9.17) is 0 Å². The van der Waals surface area contributed by atoms with Gasteiger partial charge in [0.15, 0.2) is 0 Å². The number of aromatic nitrogens is 2. The van der Waals surface area contributed by atoms with Gasteiger partial charge in [-0.3, -0.25) is 15.0 Å². The fourth-order valence-electron chi connectivity index (χ4n) is 3.31. The van der Waals surface area contributed by atoms with Crippen molar-refractivity contribution in [1.82, 2.24) is 9.66 Å². The number of fused-ring (bicyclic) bond motifs is 1. The first kappa shape index (κ1) is 20.1. The van der Waals surface area contributed by atoms with Crippen LogP contribution in [0.2, 0.25) is 0 Å². The first-order valence-corrected chi connectivity index (χ1v) is 9.41. The smallest absolute Gasteiger partial charge is 0.273 e. The second-order valence-electron chi connectivity index (χ2n) is 7.25. The summed E-state index contributed by atoms with van der Waals surface area (Å²) in [5, 5.41) is -0.223. The van der Waals surface area contributed by atoms with Crippen molar-refractivity contribution in [2.24, 2.45) is 0 Å². The molecule has 1 amide bonds. The molecule has 1 aromatic heterocycles. The van der Waals surface area contributed by atoms with Crippen molar-refractivity contribution >= 4 is 16.8 Å². The first-order valence-electron chi connectivity index (χ1n) is 9.41. The van der Waals surface area contributed by atoms with Gasteiger partial charge in [-0.2, -0.15) is 13.2 Å². The lowest BCUT2D eigenvalue weighted by Gasteiger charge is -2.16. The molecular formula is C21H17F4N3O2. The average molecular weight is 419 g/mol. The molecule has 2 aromatic carbocycles. The number of halogens is 4. The van der Waals surface area contributed by atoms with Crippen LogP contribution in [0.4, 0.5) is 17.6 Å². The summed E-state index contributed by atoms with van der Waals surface area (Å²) in [7, 11) is 0. The lowest BCUT2D eigenvalue weighted by molar-refractivity contribution is -0.136. The Hall–Kier alpha value is -3.23. The lowest BCUT2D eigenvalue weighted by atomic mass is 10.1. The van der Waals surface area contributed by atoms with Crippen LogP contribution in [-0.2, 0) is 17.4 Å². The number of carbonyl (C=O) groups is 1. The molecule has 1 N–H and O–H groups in total. The van der Waals surface area contributed by atoms with Gasteiger partial charge < -0.3 is 0 Å². The summed E-state index contributed by atoms with van der Waals surface area (Å²) in [5.41, 5.74) is 0.925. The summed E-state index contributed by atoms with van der Waals surface area (Å²) in [6, 6.07) is 9.09. The van der Waals surface area contributed by atoms with Crippen LogP contribution >= 0.6 is 0 Å². The van der Waals surface area contributed by atoms with Gasteiger partial charge >= 0.3 is 6.18 Å². The van der Waals surface area contributed by atoms with E-state index in [9.17, 15) is 27.2 Å². The molecule has 30 heavy (non-hydrogen) atoms. The number of nitrogens with zero attached hydrogens (tertiary/aromatic N) is 2. The summed E-state index contributed by atoms with van der Waals surface area (Å²) >= 11 is 0. The molecule has 1 aliphatic carbocycles. The summed E-state index contributed by atoms with van der Waals surface area (Å²) in [6.45, 7) is 0. The van der Waals surface area contributed by atoms with Crippen molar-refractivity contribution in [3.63, 3.8) is 0 Å². The third-order valence-corrected chi connectivity index (χ3v) is 4.94. The highest BCUT2D eigenvalue weighted by molar-refractivity contribution is 5.85. The Morgan fingerprint density at radius 2 is 1.90 bits per heavy atom. The normalized spacial score (nSPS) is 14.1. The number of alkyl halides is 3. The standard InChI is InChI=1S/C21H17F4N3O2/c22-14-4-1-3-12(11-14)7-10-17(29)27-28-19(13-8-9-13)26-18-15(20(28)30)5-2-6-16(18)21(23,24)25/h1-6,11,13H,7-10H2,(H,27,29). The van der Waals surface area contributed by atoms with Crippen LogP contribution in [0.15, 0.2) is 47.3 Å². The molecule has 4 rings (SSSR count). The molecule has 1 saturated carbocycles. The van der Waals surface area contributed by atoms with Crippen molar-refractivity contribution in [3.8, 4) is 0 Å². The second-order valence-corrected chi connectivity index (χ2v) is 7.25. The van der Waals surface area contributed by atoms with Gasteiger partial charge in [0, 0.05) is 12.3 Å². The molecular weight excluding hydrogens is 402 g/mol. The molecule has 0 radical (unpaired) electrons. The lowest BCUT2D eigenvalue weighted by Crippen LogP contribution is -2.36. The topological polar surface area (TPSA) is 64.0 Å². The molecule has 0 atom stereocenters. The van der Waals surface area contributed by atoms with Gasteiger partial charge in [0.2, 0.25) is 5.91 Å². The molecule has 3 aromatic rings. The molecule has 5 nitrogen and oxygen atoms in total. The van der Waals surface area contributed by atoms with E-state index >= 15 is 0 Å². The van der Waals surface area contributed by atoms with Crippen LogP contribution in [0.25, 0.3) is 10.9 Å². The van der Waals surface area contributed by atoms with Crippen LogP contribution in [0.5, 0.6) is 0 Å². The molecule has 0 saturated heterocycles. The van der Waals surface area contributed by atoms with Gasteiger partial charge in [-0.15, -0.1) is 0 Å². The Kier molecular flexibility index (Phi) is 5.05. The van der Waals surface area contributed by atoms with E-state index in [2.05, 4.69) is 10.4 Å². The molecule has 1 aliphatic rings. The molecule has 9 heteroatoms. The summed E-state index contributed by atoms with van der Waals surface area (Å²) < 4.78 is 54.3. The van der Waals surface area contributed by atoms with Gasteiger partial charge in [0.05, 0.1) is 16.5 Å². The Balaban J connectivity index is 1.66. The van der Waals surface area contributed by atoms with Gasteiger partial charge in [0.1, 0.15) is 11.6 Å². The van der Waals surface area contributed by atoms with Gasteiger partial charge in [-0.25, -0.2) is 14.1 Å². The SMILES string of the molecule is O=C(CCc1cccc(F)c1)Nn1c(C2CC2)nc2c(C(F)(F)F)cccc2c1=O. The Morgan fingerprint density at radius 3 is 2.57 bits per heavy atom. The van der Waals surface area contributed by atoms with E-state index in [0.717, 1.165) is 16.8 Å². The number of rotatable bonds is 5. The van der Waals surface area contributed by atoms with Crippen LogP contribution < -0.4 is 11.0 Å². The highest BCUT2D eigenvalue weighted by Gasteiger charge is 2.36. The highest BCUT2D eigenvalue weighted by atomic mass is 19.4. The third kappa shape index (κ3) is 4.05. The number of hydrogen-bond donors (Lipinski definition) is 1. The highest BCUT2D eigenvalue weighted by Crippen LogP contribution is 2.40. The van der Waals surface area contributed by atoms with E-state index < -0.39 is 34.5 Å². The minimum atomic E-state index is -4.65. The van der Waals surface area contributed by atoms with Gasteiger partial charge in [-0.05, 0) is 49.1 Å². The minimum absolute atomic E-state index is 0.0272. The quantitative estimate of drug-likeness (QED) is 0.633. The molecule has 1 fully saturated rings. The zero-order valence-electron chi connectivity index (χ0n) is 15.7. The Bertz CT molecular complexity index is 1180. The largest absolute Gasteiger partial charge is 0.418 e. The van der Waals surface area contributed by atoms with Gasteiger partial charge in [-0.1, -0.05) is 18.2 Å². The number of para-hydroxylation sites is 1. The molecule has 0 spiro atoms. The maximum absolute atomic E-state index is 13.4. The average Bonchev–Trinajstić information content (AvgIpc) is 3.52. The summed E-state index contributed by atoms with van der Waals surface area (Å²) in [5.74, 6) is -1.01. The van der Waals surface area contributed by atoms with Crippen LogP contribution in [0.3, 0.4) is 0 Å². The van der Waals surface area contributed by atoms with Crippen LogP contribution in [0, 0.1) is 5.82 Å². The van der Waals surface area contributed by atoms with Crippen LogP contribution in [0.1, 0.15) is 42.1 Å². The number of benzene rings is 2. The molecule has 156 valence electrons. The predicted octanol–water partition coefficient (Wildman–Crippen LogP) is 4.13. The fourth-order valence-corrected chi connectivity index (χ4v) is 3.31. The van der Waals surface area contributed by atoms with Crippen molar-refractivity contribution < 1.29 is 22.4 Å². The van der Waals surface area contributed by atoms with Crippen molar-refractivity contribution in [2.75, 3.05) is 5.43 Å². The Morgan fingerprint density at radius 1 is 1.17 bits per heavy atom.